The third-order valence-corrected chi connectivity index (χ3v) is 4.58. The van der Waals surface area contributed by atoms with Crippen molar-refractivity contribution in [2.75, 3.05) is 36.0 Å². The molecule has 0 saturated carbocycles. The van der Waals surface area contributed by atoms with Crippen molar-refractivity contribution in [3.63, 3.8) is 0 Å². The van der Waals surface area contributed by atoms with E-state index in [1.54, 1.807) is 17.4 Å². The molecule has 2 heterocycles. The summed E-state index contributed by atoms with van der Waals surface area (Å²) in [6.45, 7) is 3.28. The summed E-state index contributed by atoms with van der Waals surface area (Å²) in [5.74, 6) is -0.359. The quantitative estimate of drug-likeness (QED) is 0.878. The molecule has 0 unspecified atom stereocenters. The number of halogens is 1. The molecule has 0 atom stereocenters. The van der Waals surface area contributed by atoms with Crippen molar-refractivity contribution in [1.82, 2.24) is 4.98 Å². The van der Waals surface area contributed by atoms with Gasteiger partial charge in [-0.2, -0.15) is 0 Å². The first-order valence-electron chi connectivity index (χ1n) is 6.64. The van der Waals surface area contributed by atoms with Crippen LogP contribution in [0.5, 0.6) is 0 Å². The van der Waals surface area contributed by atoms with Gasteiger partial charge in [-0.1, -0.05) is 18.3 Å². The van der Waals surface area contributed by atoms with Crippen LogP contribution in [0, 0.1) is 5.82 Å². The Morgan fingerprint density at radius 2 is 1.95 bits per heavy atom. The van der Waals surface area contributed by atoms with Crippen molar-refractivity contribution in [2.24, 2.45) is 5.73 Å². The maximum absolute atomic E-state index is 13.9. The highest BCUT2D eigenvalue weighted by Gasteiger charge is 2.22. The molecule has 0 aliphatic carbocycles. The Morgan fingerprint density at radius 3 is 2.57 bits per heavy atom. The van der Waals surface area contributed by atoms with E-state index < -0.39 is 0 Å². The highest BCUT2D eigenvalue weighted by Crippen LogP contribution is 2.26. The van der Waals surface area contributed by atoms with E-state index >= 15 is 0 Å². The van der Waals surface area contributed by atoms with Crippen LogP contribution < -0.4 is 15.5 Å². The topological polar surface area (TPSA) is 45.4 Å². The van der Waals surface area contributed by atoms with Crippen LogP contribution in [0.1, 0.15) is 5.56 Å². The van der Waals surface area contributed by atoms with Gasteiger partial charge in [-0.3, -0.25) is 0 Å². The normalized spacial score (nSPS) is 15.3. The van der Waals surface area contributed by atoms with Gasteiger partial charge in [0.2, 0.25) is 0 Å². The van der Waals surface area contributed by atoms with E-state index in [0.29, 0.717) is 5.56 Å². The number of hydrogen-bond acceptors (Lipinski definition) is 5. The van der Waals surface area contributed by atoms with E-state index in [2.05, 4.69) is 14.8 Å². The molecule has 7 heteroatoms. The third-order valence-electron chi connectivity index (χ3n) is 3.55. The second-order valence-electron chi connectivity index (χ2n) is 4.79. The first-order chi connectivity index (χ1) is 10.2. The van der Waals surface area contributed by atoms with Gasteiger partial charge in [-0.05, 0) is 12.1 Å². The van der Waals surface area contributed by atoms with Crippen molar-refractivity contribution in [2.45, 2.75) is 0 Å². The van der Waals surface area contributed by atoms with Gasteiger partial charge < -0.3 is 15.5 Å². The lowest BCUT2D eigenvalue weighted by Crippen LogP contribution is -2.47. The molecule has 1 aliphatic rings. The summed E-state index contributed by atoms with van der Waals surface area (Å²) in [4.78, 5) is 8.79. The van der Waals surface area contributed by atoms with Gasteiger partial charge >= 0.3 is 0 Å². The predicted molar refractivity (Wildman–Crippen MR) is 88.8 cm³/mol. The van der Waals surface area contributed by atoms with Crippen LogP contribution in [0.15, 0.2) is 29.8 Å². The zero-order valence-electron chi connectivity index (χ0n) is 11.3. The Hall–Kier alpha value is -1.73. The van der Waals surface area contributed by atoms with Gasteiger partial charge in [0.15, 0.2) is 5.13 Å². The Balaban J connectivity index is 1.78. The SMILES string of the molecule is NC(=S)c1c(F)cccc1N1CCN(c2nccs2)CC1. The lowest BCUT2D eigenvalue weighted by atomic mass is 10.1. The average molecular weight is 322 g/mol. The molecule has 0 spiro atoms. The number of nitrogens with zero attached hydrogens (tertiary/aromatic N) is 3. The molecule has 110 valence electrons. The van der Waals surface area contributed by atoms with Gasteiger partial charge in [-0.25, -0.2) is 9.37 Å². The number of piperazine rings is 1. The number of benzene rings is 1. The number of thiazole rings is 1. The molecule has 2 N–H and O–H groups in total. The highest BCUT2D eigenvalue weighted by atomic mass is 32.1. The maximum atomic E-state index is 13.9. The number of rotatable bonds is 3. The van der Waals surface area contributed by atoms with Crippen molar-refractivity contribution < 1.29 is 4.39 Å². The molecule has 21 heavy (non-hydrogen) atoms. The molecule has 1 aromatic carbocycles. The minimum absolute atomic E-state index is 0.102. The molecule has 1 fully saturated rings. The van der Waals surface area contributed by atoms with Crippen molar-refractivity contribution in [3.8, 4) is 0 Å². The Morgan fingerprint density at radius 1 is 1.24 bits per heavy atom. The van der Waals surface area contributed by atoms with Crippen molar-refractivity contribution >= 4 is 39.4 Å². The second kappa shape index (κ2) is 5.95. The number of anilines is 2. The molecule has 1 aliphatic heterocycles. The zero-order valence-corrected chi connectivity index (χ0v) is 13.0. The molecule has 0 amide bonds. The first kappa shape index (κ1) is 14.2. The molecular weight excluding hydrogens is 307 g/mol. The summed E-state index contributed by atoms with van der Waals surface area (Å²) in [7, 11) is 0. The number of nitrogens with two attached hydrogens (primary N) is 1. The minimum Gasteiger partial charge on any atom is -0.389 e. The second-order valence-corrected chi connectivity index (χ2v) is 6.10. The minimum atomic E-state index is -0.359. The van der Waals surface area contributed by atoms with E-state index in [-0.39, 0.29) is 10.8 Å². The van der Waals surface area contributed by atoms with Crippen LogP contribution in [-0.2, 0) is 0 Å². The van der Waals surface area contributed by atoms with Crippen LogP contribution in [0.2, 0.25) is 0 Å². The van der Waals surface area contributed by atoms with E-state index in [1.165, 1.54) is 6.07 Å². The monoisotopic (exact) mass is 322 g/mol. The molecule has 3 rings (SSSR count). The first-order valence-corrected chi connectivity index (χ1v) is 7.93. The summed E-state index contributed by atoms with van der Waals surface area (Å²) in [6, 6.07) is 4.96. The molecule has 4 nitrogen and oxygen atoms in total. The van der Waals surface area contributed by atoms with Gasteiger partial charge in [0.1, 0.15) is 10.8 Å². The maximum Gasteiger partial charge on any atom is 0.185 e. The predicted octanol–water partition coefficient (Wildman–Crippen LogP) is 2.24. The van der Waals surface area contributed by atoms with Crippen molar-refractivity contribution in [3.05, 3.63) is 41.2 Å². The fourth-order valence-corrected chi connectivity index (χ4v) is 3.43. The summed E-state index contributed by atoms with van der Waals surface area (Å²) in [5.41, 5.74) is 6.79. The van der Waals surface area contributed by atoms with Gasteiger partial charge in [0.05, 0.1) is 11.3 Å². The number of aromatic nitrogens is 1. The average Bonchev–Trinajstić information content (AvgIpc) is 3.01. The van der Waals surface area contributed by atoms with Crippen LogP contribution in [0.4, 0.5) is 15.2 Å². The molecule has 0 radical (unpaired) electrons. The van der Waals surface area contributed by atoms with Gasteiger partial charge in [-0.15, -0.1) is 11.3 Å². The summed E-state index contributed by atoms with van der Waals surface area (Å²) in [6.07, 6.45) is 1.81. The van der Waals surface area contributed by atoms with E-state index in [0.717, 1.165) is 37.0 Å². The Kier molecular flexibility index (Phi) is 4.03. The largest absolute Gasteiger partial charge is 0.389 e. The fourth-order valence-electron chi connectivity index (χ4n) is 2.53. The summed E-state index contributed by atoms with van der Waals surface area (Å²) in [5, 5.41) is 3.00. The van der Waals surface area contributed by atoms with Gasteiger partial charge in [0.25, 0.3) is 0 Å². The standard InChI is InChI=1S/C14H15FN4S2/c15-10-2-1-3-11(12(10)13(16)20)18-5-7-19(8-6-18)14-17-4-9-21-14/h1-4,9H,5-8H2,(H2,16,20). The van der Waals surface area contributed by atoms with Gasteiger partial charge in [0, 0.05) is 37.8 Å². The van der Waals surface area contributed by atoms with Crippen LogP contribution in [0.25, 0.3) is 0 Å². The van der Waals surface area contributed by atoms with Crippen LogP contribution >= 0.6 is 23.6 Å². The van der Waals surface area contributed by atoms with Crippen LogP contribution in [-0.4, -0.2) is 36.2 Å². The van der Waals surface area contributed by atoms with E-state index in [9.17, 15) is 4.39 Å². The molecule has 1 aromatic heterocycles. The summed E-state index contributed by atoms with van der Waals surface area (Å²) < 4.78 is 13.9. The zero-order chi connectivity index (χ0) is 14.8. The third kappa shape index (κ3) is 2.84. The van der Waals surface area contributed by atoms with Crippen molar-refractivity contribution in [1.29, 1.82) is 0 Å². The Bertz CT molecular complexity index is 636. The smallest absolute Gasteiger partial charge is 0.185 e. The lowest BCUT2D eigenvalue weighted by molar-refractivity contribution is 0.618. The number of thiocarbonyl (C=S) groups is 1. The Labute approximate surface area is 132 Å². The fraction of sp³-hybridized carbons (Fsp3) is 0.286. The molecule has 1 saturated heterocycles. The van der Waals surface area contributed by atoms with Crippen LogP contribution in [0.3, 0.4) is 0 Å². The number of hydrogen-bond donors (Lipinski definition) is 1. The highest BCUT2D eigenvalue weighted by molar-refractivity contribution is 7.80. The molecular formula is C14H15FN4S2. The molecule has 2 aromatic rings. The van der Waals surface area contributed by atoms with E-state index in [4.69, 9.17) is 18.0 Å². The summed E-state index contributed by atoms with van der Waals surface area (Å²) >= 11 is 6.62. The molecule has 0 bridgehead atoms. The van der Waals surface area contributed by atoms with E-state index in [1.807, 2.05) is 17.6 Å². The lowest BCUT2D eigenvalue weighted by Gasteiger charge is -2.36.